The molecule has 3 aliphatic rings. The van der Waals surface area contributed by atoms with Gasteiger partial charge >= 0.3 is 0 Å². The summed E-state index contributed by atoms with van der Waals surface area (Å²) < 4.78 is 17.6. The van der Waals surface area contributed by atoms with E-state index in [4.69, 9.17) is 14.2 Å². The van der Waals surface area contributed by atoms with Crippen LogP contribution in [0.3, 0.4) is 0 Å². The van der Waals surface area contributed by atoms with Gasteiger partial charge in [-0.05, 0) is 42.0 Å². The van der Waals surface area contributed by atoms with Crippen LogP contribution in [0.15, 0.2) is 48.5 Å². The monoisotopic (exact) mass is 421 g/mol. The summed E-state index contributed by atoms with van der Waals surface area (Å²) in [5.74, 6) is 2.45. The number of fused-ring (bicyclic) bond motifs is 4. The van der Waals surface area contributed by atoms with Gasteiger partial charge in [0.1, 0.15) is 5.75 Å². The molecule has 5 rings (SSSR count). The number of benzene rings is 2. The Balaban J connectivity index is 1.54. The molecule has 162 valence electrons. The van der Waals surface area contributed by atoms with Crippen LogP contribution < -0.4 is 19.6 Å². The summed E-state index contributed by atoms with van der Waals surface area (Å²) in [6.07, 6.45) is 3.65. The fourth-order valence-electron chi connectivity index (χ4n) is 4.77. The quantitative estimate of drug-likeness (QED) is 0.820. The minimum absolute atomic E-state index is 0.000158. The molecule has 7 heteroatoms. The Morgan fingerprint density at radius 1 is 1.10 bits per heavy atom. The van der Waals surface area contributed by atoms with Gasteiger partial charge in [-0.2, -0.15) is 5.01 Å². The van der Waals surface area contributed by atoms with Crippen LogP contribution in [0.1, 0.15) is 36.9 Å². The number of nitrogens with zero attached hydrogens (tertiary/aromatic N) is 2. The van der Waals surface area contributed by atoms with Crippen LogP contribution in [0.5, 0.6) is 17.2 Å². The Kier molecular flexibility index (Phi) is 4.78. The highest BCUT2D eigenvalue weighted by atomic mass is 16.5. The Morgan fingerprint density at radius 3 is 2.48 bits per heavy atom. The summed E-state index contributed by atoms with van der Waals surface area (Å²) in [5.41, 5.74) is 6.22. The molecular weight excluding hydrogens is 394 g/mol. The summed E-state index contributed by atoms with van der Waals surface area (Å²) in [7, 11) is 3.34. The van der Waals surface area contributed by atoms with Gasteiger partial charge in [0.15, 0.2) is 17.2 Å². The molecule has 31 heavy (non-hydrogen) atoms. The van der Waals surface area contributed by atoms with Crippen molar-refractivity contribution in [2.75, 3.05) is 27.3 Å². The molecule has 2 aromatic carbocycles. The molecule has 0 unspecified atom stereocenters. The highest BCUT2D eigenvalue weighted by Gasteiger charge is 2.52. The number of methoxy groups -OCH3 is 2. The summed E-state index contributed by atoms with van der Waals surface area (Å²) in [4.78, 5) is 13.8. The number of hydrogen-bond donors (Lipinski definition) is 1. The van der Waals surface area contributed by atoms with E-state index in [0.29, 0.717) is 25.9 Å². The summed E-state index contributed by atoms with van der Waals surface area (Å²) >= 11 is 0. The van der Waals surface area contributed by atoms with E-state index in [1.54, 1.807) is 21.1 Å². The molecule has 0 aliphatic carbocycles. The smallest absolute Gasteiger partial charge is 0.219 e. The van der Waals surface area contributed by atoms with Gasteiger partial charge in [0, 0.05) is 38.4 Å². The first-order valence-corrected chi connectivity index (χ1v) is 10.6. The number of amides is 1. The molecule has 1 atom stereocenters. The highest BCUT2D eigenvalue weighted by molar-refractivity contribution is 5.73. The van der Waals surface area contributed by atoms with Crippen LogP contribution in [0.2, 0.25) is 0 Å². The predicted octanol–water partition coefficient (Wildman–Crippen LogP) is 3.34. The number of hydrazine groups is 1. The zero-order valence-corrected chi connectivity index (χ0v) is 18.1. The number of para-hydroxylation sites is 1. The topological polar surface area (TPSA) is 63.3 Å². The molecular formula is C24H27N3O4. The molecule has 3 aliphatic heterocycles. The number of nitrogens with one attached hydrogen (secondary N) is 1. The van der Waals surface area contributed by atoms with Crippen molar-refractivity contribution in [3.63, 3.8) is 0 Å². The second-order valence-electron chi connectivity index (χ2n) is 8.17. The normalized spacial score (nSPS) is 21.5. The molecule has 3 heterocycles. The third-order valence-electron chi connectivity index (χ3n) is 6.51. The van der Waals surface area contributed by atoms with E-state index in [-0.39, 0.29) is 11.9 Å². The molecule has 1 N–H and O–H groups in total. The van der Waals surface area contributed by atoms with E-state index in [9.17, 15) is 4.79 Å². The Hall–Kier alpha value is -3.19. The fraction of sp³-hybridized carbons (Fsp3) is 0.375. The largest absolute Gasteiger partial charge is 0.497 e. The zero-order chi connectivity index (χ0) is 21.6. The van der Waals surface area contributed by atoms with Gasteiger partial charge in [-0.1, -0.05) is 12.1 Å². The summed E-state index contributed by atoms with van der Waals surface area (Å²) in [6, 6.07) is 14.0. The van der Waals surface area contributed by atoms with E-state index in [0.717, 1.165) is 34.1 Å². The maximum atomic E-state index is 11.9. The van der Waals surface area contributed by atoms with Crippen molar-refractivity contribution in [3.8, 4) is 17.2 Å². The lowest BCUT2D eigenvalue weighted by molar-refractivity contribution is -0.165. The second-order valence-corrected chi connectivity index (χ2v) is 8.17. The minimum atomic E-state index is -0.566. The van der Waals surface area contributed by atoms with Crippen LogP contribution >= 0.6 is 0 Å². The Morgan fingerprint density at radius 2 is 1.84 bits per heavy atom. The van der Waals surface area contributed by atoms with E-state index >= 15 is 0 Å². The van der Waals surface area contributed by atoms with Gasteiger partial charge in [0.05, 0.1) is 26.0 Å². The molecule has 0 bridgehead atoms. The molecule has 1 spiro atoms. The van der Waals surface area contributed by atoms with E-state index < -0.39 is 5.72 Å². The van der Waals surface area contributed by atoms with Gasteiger partial charge in [0.2, 0.25) is 5.91 Å². The maximum absolute atomic E-state index is 11.9. The first kappa shape index (κ1) is 19.8. The lowest BCUT2D eigenvalue weighted by Crippen LogP contribution is -2.64. The fourth-order valence-corrected chi connectivity index (χ4v) is 4.77. The van der Waals surface area contributed by atoms with Gasteiger partial charge in [0.25, 0.3) is 0 Å². The first-order valence-electron chi connectivity index (χ1n) is 10.6. The predicted molar refractivity (Wildman–Crippen MR) is 117 cm³/mol. The lowest BCUT2D eigenvalue weighted by atomic mass is 9.92. The third-order valence-corrected chi connectivity index (χ3v) is 6.51. The molecule has 7 nitrogen and oxygen atoms in total. The lowest BCUT2D eigenvalue weighted by Gasteiger charge is -2.51. The molecule has 2 aromatic rings. The Labute approximate surface area is 182 Å². The van der Waals surface area contributed by atoms with E-state index in [1.165, 1.54) is 0 Å². The maximum Gasteiger partial charge on any atom is 0.219 e. The van der Waals surface area contributed by atoms with Crippen molar-refractivity contribution in [1.29, 1.82) is 0 Å². The van der Waals surface area contributed by atoms with Crippen LogP contribution in [-0.2, 0) is 4.79 Å². The molecule has 0 aromatic heterocycles. The van der Waals surface area contributed by atoms with Gasteiger partial charge in [-0.25, -0.2) is 0 Å². The number of rotatable bonds is 3. The van der Waals surface area contributed by atoms with E-state index in [1.807, 2.05) is 29.2 Å². The average Bonchev–Trinajstić information content (AvgIpc) is 3.26. The molecule has 1 saturated heterocycles. The van der Waals surface area contributed by atoms with Crippen LogP contribution in [0, 0.1) is 0 Å². The molecule has 0 radical (unpaired) electrons. The number of piperidine rings is 1. The SMILES string of the molecule is COc1ccc(C2=C[C@@H]3c4cccc(OC)c4OC4(CCN(C(C)=O)CC4)N3N2)cc1. The number of hydrogen-bond acceptors (Lipinski definition) is 6. The van der Waals surface area contributed by atoms with Crippen molar-refractivity contribution in [1.82, 2.24) is 15.3 Å². The number of ether oxygens (including phenoxy) is 3. The summed E-state index contributed by atoms with van der Waals surface area (Å²) in [6.45, 7) is 2.93. The van der Waals surface area contributed by atoms with Crippen molar-refractivity contribution >= 4 is 11.6 Å². The zero-order valence-electron chi connectivity index (χ0n) is 18.1. The highest BCUT2D eigenvalue weighted by Crippen LogP contribution is 2.51. The van der Waals surface area contributed by atoms with Crippen molar-refractivity contribution in [3.05, 3.63) is 59.7 Å². The van der Waals surface area contributed by atoms with Gasteiger partial charge in [-0.15, -0.1) is 0 Å². The van der Waals surface area contributed by atoms with Crippen LogP contribution in [-0.4, -0.2) is 48.9 Å². The third kappa shape index (κ3) is 3.20. The average molecular weight is 421 g/mol. The van der Waals surface area contributed by atoms with Crippen molar-refractivity contribution in [2.24, 2.45) is 0 Å². The molecule has 1 fully saturated rings. The standard InChI is InChI=1S/C24H27N3O4/c1-16(28)26-13-11-24(12-14-26)27-21(19-5-4-6-22(30-3)23(19)31-24)15-20(25-27)17-7-9-18(29-2)10-8-17/h4-10,15,21,25H,11-14H2,1-3H3/t21-/m1/s1. The number of likely N-dealkylation sites (tertiary alicyclic amines) is 1. The van der Waals surface area contributed by atoms with Crippen molar-refractivity contribution in [2.45, 2.75) is 31.5 Å². The first-order chi connectivity index (χ1) is 15.0. The minimum Gasteiger partial charge on any atom is -0.497 e. The molecule has 0 saturated carbocycles. The number of carbonyl (C=O) groups is 1. The second kappa shape index (κ2) is 7.50. The number of carbonyl (C=O) groups excluding carboxylic acids is 1. The molecule has 1 amide bonds. The van der Waals surface area contributed by atoms with Crippen molar-refractivity contribution < 1.29 is 19.0 Å². The van der Waals surface area contributed by atoms with Gasteiger partial charge < -0.3 is 24.5 Å². The van der Waals surface area contributed by atoms with Gasteiger partial charge in [-0.3, -0.25) is 4.79 Å². The van der Waals surface area contributed by atoms with Crippen LogP contribution in [0.25, 0.3) is 5.70 Å². The van der Waals surface area contributed by atoms with E-state index in [2.05, 4.69) is 34.7 Å². The Bertz CT molecular complexity index is 1030. The van der Waals surface area contributed by atoms with Crippen LogP contribution in [0.4, 0.5) is 0 Å². The summed E-state index contributed by atoms with van der Waals surface area (Å²) in [5, 5.41) is 2.21.